The molecule has 1 aromatic carbocycles. The molecule has 0 aromatic heterocycles. The Balaban J connectivity index is 2.09. The van der Waals surface area contributed by atoms with E-state index in [9.17, 15) is 4.39 Å². The van der Waals surface area contributed by atoms with Gasteiger partial charge in [0.2, 0.25) is 0 Å². The zero-order chi connectivity index (χ0) is 15.4. The largest absolute Gasteiger partial charge is 0.313 e. The summed E-state index contributed by atoms with van der Waals surface area (Å²) in [6.07, 6.45) is 2.28. The summed E-state index contributed by atoms with van der Waals surface area (Å²) >= 11 is 6.10. The molecule has 2 unspecified atom stereocenters. The summed E-state index contributed by atoms with van der Waals surface area (Å²) in [5, 5.41) is 3.90. The van der Waals surface area contributed by atoms with Crippen LogP contribution < -0.4 is 5.32 Å². The summed E-state index contributed by atoms with van der Waals surface area (Å²) in [5.41, 5.74) is 0.883. The van der Waals surface area contributed by atoms with Gasteiger partial charge in [-0.1, -0.05) is 37.6 Å². The van der Waals surface area contributed by atoms with Crippen LogP contribution in [0, 0.1) is 11.7 Å². The fourth-order valence-electron chi connectivity index (χ4n) is 3.04. The smallest absolute Gasteiger partial charge is 0.142 e. The van der Waals surface area contributed by atoms with Crippen LogP contribution in [0.1, 0.15) is 39.2 Å². The lowest BCUT2D eigenvalue weighted by Gasteiger charge is -2.30. The maximum absolute atomic E-state index is 13.6. The van der Waals surface area contributed by atoms with Gasteiger partial charge >= 0.3 is 0 Å². The van der Waals surface area contributed by atoms with Crippen LogP contribution >= 0.6 is 11.6 Å². The zero-order valence-electron chi connectivity index (χ0n) is 13.2. The van der Waals surface area contributed by atoms with Crippen molar-refractivity contribution in [1.29, 1.82) is 0 Å². The Bertz CT molecular complexity index is 464. The molecule has 2 nitrogen and oxygen atoms in total. The molecule has 0 saturated carbocycles. The molecule has 0 bridgehead atoms. The number of nitrogens with zero attached hydrogens (tertiary/aromatic N) is 1. The molecule has 1 fully saturated rings. The molecule has 2 rings (SSSR count). The van der Waals surface area contributed by atoms with Crippen LogP contribution in [0.4, 0.5) is 4.39 Å². The molecule has 0 spiro atoms. The van der Waals surface area contributed by atoms with Gasteiger partial charge in [0, 0.05) is 25.2 Å². The third-order valence-electron chi connectivity index (χ3n) is 4.23. The van der Waals surface area contributed by atoms with Gasteiger partial charge in [0.25, 0.3) is 0 Å². The fourth-order valence-corrected chi connectivity index (χ4v) is 3.23. The Kier molecular flexibility index (Phi) is 6.03. The molecule has 1 aliphatic rings. The van der Waals surface area contributed by atoms with Gasteiger partial charge in [-0.05, 0) is 43.9 Å². The highest BCUT2D eigenvalue weighted by Gasteiger charge is 2.24. The van der Waals surface area contributed by atoms with Crippen LogP contribution in [0.25, 0.3) is 0 Å². The lowest BCUT2D eigenvalue weighted by molar-refractivity contribution is 0.189. The topological polar surface area (TPSA) is 15.3 Å². The predicted molar refractivity (Wildman–Crippen MR) is 87.1 cm³/mol. The molecule has 4 heteroatoms. The second-order valence-corrected chi connectivity index (χ2v) is 6.94. The molecular weight excluding hydrogens is 287 g/mol. The van der Waals surface area contributed by atoms with Gasteiger partial charge in [-0.25, -0.2) is 4.39 Å². The first kappa shape index (κ1) is 16.7. The van der Waals surface area contributed by atoms with Crippen molar-refractivity contribution in [2.75, 3.05) is 13.1 Å². The molecule has 1 aliphatic heterocycles. The van der Waals surface area contributed by atoms with Gasteiger partial charge in [-0.15, -0.1) is 0 Å². The molecule has 1 aromatic rings. The summed E-state index contributed by atoms with van der Waals surface area (Å²) in [5.74, 6) is 0.351. The van der Waals surface area contributed by atoms with Gasteiger partial charge in [0.15, 0.2) is 0 Å². The molecule has 118 valence electrons. The SMILES string of the molecule is CC(C)CC1CN(Cc2cccc(F)c2Cl)C(C)CCN1. The molecular formula is C17H26ClFN2. The number of hydrogen-bond donors (Lipinski definition) is 1. The van der Waals surface area contributed by atoms with Crippen molar-refractivity contribution in [3.05, 3.63) is 34.6 Å². The molecule has 21 heavy (non-hydrogen) atoms. The summed E-state index contributed by atoms with van der Waals surface area (Å²) in [6, 6.07) is 6.06. The monoisotopic (exact) mass is 312 g/mol. The maximum atomic E-state index is 13.6. The van der Waals surface area contributed by atoms with E-state index in [1.54, 1.807) is 6.07 Å². The summed E-state index contributed by atoms with van der Waals surface area (Å²) in [7, 11) is 0. The standard InChI is InChI=1S/C17H26ClFN2/c1-12(2)9-15-11-21(13(3)7-8-20-15)10-14-5-4-6-16(19)17(14)18/h4-6,12-13,15,20H,7-11H2,1-3H3. The van der Waals surface area contributed by atoms with Crippen molar-refractivity contribution in [2.24, 2.45) is 5.92 Å². The van der Waals surface area contributed by atoms with Crippen LogP contribution in [0.3, 0.4) is 0 Å². The van der Waals surface area contributed by atoms with Crippen molar-refractivity contribution < 1.29 is 4.39 Å². The Labute approximate surface area is 132 Å². The van der Waals surface area contributed by atoms with E-state index < -0.39 is 0 Å². The molecule has 0 amide bonds. The zero-order valence-corrected chi connectivity index (χ0v) is 14.0. The number of rotatable bonds is 4. The van der Waals surface area contributed by atoms with Crippen molar-refractivity contribution in [3.8, 4) is 0 Å². The summed E-state index contributed by atoms with van der Waals surface area (Å²) < 4.78 is 13.6. The van der Waals surface area contributed by atoms with Gasteiger partial charge in [-0.3, -0.25) is 4.90 Å². The Hall–Kier alpha value is -0.640. The first-order valence-corrected chi connectivity index (χ1v) is 8.25. The van der Waals surface area contributed by atoms with Gasteiger partial charge in [0.1, 0.15) is 5.82 Å². The van der Waals surface area contributed by atoms with Crippen LogP contribution in [0.15, 0.2) is 18.2 Å². The minimum absolute atomic E-state index is 0.266. The average molecular weight is 313 g/mol. The van der Waals surface area contributed by atoms with E-state index >= 15 is 0 Å². The maximum Gasteiger partial charge on any atom is 0.142 e. The van der Waals surface area contributed by atoms with Crippen molar-refractivity contribution in [1.82, 2.24) is 10.2 Å². The van der Waals surface area contributed by atoms with E-state index in [4.69, 9.17) is 11.6 Å². The van der Waals surface area contributed by atoms with Gasteiger partial charge in [0.05, 0.1) is 5.02 Å². The first-order chi connectivity index (χ1) is 9.97. The normalized spacial score (nSPS) is 24.3. The second kappa shape index (κ2) is 7.57. The van der Waals surface area contributed by atoms with E-state index in [0.717, 1.165) is 25.1 Å². The van der Waals surface area contributed by atoms with Crippen LogP contribution in [-0.4, -0.2) is 30.1 Å². The number of hydrogen-bond acceptors (Lipinski definition) is 2. The Morgan fingerprint density at radius 1 is 1.43 bits per heavy atom. The molecule has 1 heterocycles. The minimum Gasteiger partial charge on any atom is -0.313 e. The van der Waals surface area contributed by atoms with Crippen LogP contribution in [0.2, 0.25) is 5.02 Å². The molecule has 2 atom stereocenters. The van der Waals surface area contributed by atoms with Gasteiger partial charge in [-0.2, -0.15) is 0 Å². The predicted octanol–water partition coefficient (Wildman–Crippen LogP) is 4.08. The average Bonchev–Trinajstić information content (AvgIpc) is 2.57. The third-order valence-corrected chi connectivity index (χ3v) is 4.66. The van der Waals surface area contributed by atoms with Crippen LogP contribution in [0.5, 0.6) is 0 Å². The Morgan fingerprint density at radius 3 is 2.90 bits per heavy atom. The lowest BCUT2D eigenvalue weighted by atomic mass is 10.0. The fraction of sp³-hybridized carbons (Fsp3) is 0.647. The quantitative estimate of drug-likeness (QED) is 0.901. The highest BCUT2D eigenvalue weighted by molar-refractivity contribution is 6.31. The second-order valence-electron chi connectivity index (χ2n) is 6.56. The lowest BCUT2D eigenvalue weighted by Crippen LogP contribution is -2.40. The van der Waals surface area contributed by atoms with E-state index in [2.05, 4.69) is 31.0 Å². The van der Waals surface area contributed by atoms with Crippen molar-refractivity contribution >= 4 is 11.6 Å². The number of nitrogens with one attached hydrogen (secondary N) is 1. The van der Waals surface area contributed by atoms with Gasteiger partial charge < -0.3 is 5.32 Å². The van der Waals surface area contributed by atoms with E-state index in [1.807, 2.05) is 6.07 Å². The van der Waals surface area contributed by atoms with Crippen molar-refractivity contribution in [3.63, 3.8) is 0 Å². The highest BCUT2D eigenvalue weighted by Crippen LogP contribution is 2.23. The highest BCUT2D eigenvalue weighted by atomic mass is 35.5. The molecule has 1 N–H and O–H groups in total. The van der Waals surface area contributed by atoms with E-state index in [1.165, 1.54) is 12.5 Å². The van der Waals surface area contributed by atoms with E-state index in [-0.39, 0.29) is 10.8 Å². The number of benzene rings is 1. The van der Waals surface area contributed by atoms with Crippen LogP contribution in [-0.2, 0) is 6.54 Å². The van der Waals surface area contributed by atoms with E-state index in [0.29, 0.717) is 24.5 Å². The molecule has 0 aliphatic carbocycles. The molecule has 0 radical (unpaired) electrons. The third kappa shape index (κ3) is 4.67. The molecule has 1 saturated heterocycles. The number of halogens is 2. The first-order valence-electron chi connectivity index (χ1n) is 7.87. The minimum atomic E-state index is -0.325. The van der Waals surface area contributed by atoms with Crippen molar-refractivity contribution in [2.45, 2.75) is 52.2 Å². The summed E-state index contributed by atoms with van der Waals surface area (Å²) in [6.45, 7) is 9.51. The Morgan fingerprint density at radius 2 is 2.19 bits per heavy atom. The summed E-state index contributed by atoms with van der Waals surface area (Å²) in [4.78, 5) is 2.42.